The number of carbonyl (C=O) groups is 2. The first kappa shape index (κ1) is 16.9. The van der Waals surface area contributed by atoms with Crippen LogP contribution in [0, 0.1) is 6.92 Å². The van der Waals surface area contributed by atoms with Crippen LogP contribution < -0.4 is 5.32 Å². The van der Waals surface area contributed by atoms with Gasteiger partial charge in [-0.05, 0) is 40.0 Å². The largest absolute Gasteiger partial charge is 0.360 e. The summed E-state index contributed by atoms with van der Waals surface area (Å²) in [5.41, 5.74) is 0. The lowest BCUT2D eigenvalue weighted by atomic mass is 10.0. The van der Waals surface area contributed by atoms with Gasteiger partial charge in [-0.15, -0.1) is 11.8 Å². The van der Waals surface area contributed by atoms with E-state index in [-0.39, 0.29) is 17.1 Å². The van der Waals surface area contributed by atoms with Crippen LogP contribution in [-0.4, -0.2) is 45.5 Å². The molecule has 1 aliphatic heterocycles. The maximum atomic E-state index is 12.2. The highest BCUT2D eigenvalue weighted by Gasteiger charge is 2.24. The van der Waals surface area contributed by atoms with E-state index in [0.29, 0.717) is 23.4 Å². The molecule has 1 saturated heterocycles. The molecule has 2 rings (SSSR count). The summed E-state index contributed by atoms with van der Waals surface area (Å²) in [6.07, 6.45) is 3.33. The van der Waals surface area contributed by atoms with Crippen LogP contribution in [0.2, 0.25) is 0 Å². The Morgan fingerprint density at radius 3 is 2.95 bits per heavy atom. The third-order valence-electron chi connectivity index (χ3n) is 3.83. The summed E-state index contributed by atoms with van der Waals surface area (Å²) >= 11 is 1.35. The Hall–Kier alpha value is -1.50. The summed E-state index contributed by atoms with van der Waals surface area (Å²) in [7, 11) is 0. The van der Waals surface area contributed by atoms with E-state index in [4.69, 9.17) is 4.52 Å². The molecule has 0 aromatic carbocycles. The molecule has 22 heavy (non-hydrogen) atoms. The lowest BCUT2D eigenvalue weighted by Crippen LogP contribution is -2.43. The SMILES string of the molecule is Cc1cc(NC(=O)[C@H](C)SCC(=O)N2CCCC[C@H]2C)no1. The van der Waals surface area contributed by atoms with Crippen molar-refractivity contribution in [2.75, 3.05) is 17.6 Å². The molecule has 6 nitrogen and oxygen atoms in total. The molecule has 1 aromatic rings. The normalized spacial score (nSPS) is 19.8. The number of amides is 2. The van der Waals surface area contributed by atoms with E-state index in [1.165, 1.54) is 18.2 Å². The molecular formula is C15H23N3O3S. The highest BCUT2D eigenvalue weighted by atomic mass is 32.2. The van der Waals surface area contributed by atoms with E-state index in [1.54, 1.807) is 19.9 Å². The number of thioether (sulfide) groups is 1. The van der Waals surface area contributed by atoms with Crippen molar-refractivity contribution in [3.8, 4) is 0 Å². The zero-order chi connectivity index (χ0) is 16.1. The molecular weight excluding hydrogens is 302 g/mol. The van der Waals surface area contributed by atoms with Crippen molar-refractivity contribution in [1.82, 2.24) is 10.1 Å². The minimum atomic E-state index is -0.318. The van der Waals surface area contributed by atoms with Gasteiger partial charge in [0, 0.05) is 18.7 Å². The van der Waals surface area contributed by atoms with E-state index < -0.39 is 0 Å². The maximum Gasteiger partial charge on any atom is 0.238 e. The summed E-state index contributed by atoms with van der Waals surface area (Å²) in [5, 5.41) is 6.09. The number of rotatable bonds is 5. The standard InChI is InChI=1S/C15H23N3O3S/c1-10-6-4-5-7-18(10)14(19)9-22-12(3)15(20)16-13-8-11(2)21-17-13/h8,10,12H,4-7,9H2,1-3H3,(H,16,17,20)/t10-,12+/m1/s1. The average Bonchev–Trinajstić information content (AvgIpc) is 2.90. The smallest absolute Gasteiger partial charge is 0.238 e. The topological polar surface area (TPSA) is 75.4 Å². The first-order chi connectivity index (χ1) is 10.5. The lowest BCUT2D eigenvalue weighted by molar-refractivity contribution is -0.131. The molecule has 7 heteroatoms. The van der Waals surface area contributed by atoms with Gasteiger partial charge in [0.25, 0.3) is 0 Å². The van der Waals surface area contributed by atoms with Crippen molar-refractivity contribution in [2.24, 2.45) is 0 Å². The Labute approximate surface area is 135 Å². The lowest BCUT2D eigenvalue weighted by Gasteiger charge is -2.33. The van der Waals surface area contributed by atoms with Gasteiger partial charge in [-0.25, -0.2) is 0 Å². The van der Waals surface area contributed by atoms with Crippen molar-refractivity contribution < 1.29 is 14.1 Å². The molecule has 0 saturated carbocycles. The van der Waals surface area contributed by atoms with Gasteiger partial charge in [-0.3, -0.25) is 9.59 Å². The van der Waals surface area contributed by atoms with Gasteiger partial charge in [-0.1, -0.05) is 5.16 Å². The second-order valence-corrected chi connectivity index (χ2v) is 7.03. The second-order valence-electron chi connectivity index (χ2n) is 5.70. The first-order valence-electron chi connectivity index (χ1n) is 7.62. The number of aromatic nitrogens is 1. The highest BCUT2D eigenvalue weighted by molar-refractivity contribution is 8.01. The summed E-state index contributed by atoms with van der Waals surface area (Å²) in [5.74, 6) is 1.33. The number of aryl methyl sites for hydroxylation is 1. The number of likely N-dealkylation sites (tertiary alicyclic amines) is 1. The Balaban J connectivity index is 1.77. The van der Waals surface area contributed by atoms with Gasteiger partial charge in [-0.2, -0.15) is 0 Å². The van der Waals surface area contributed by atoms with Crippen LogP contribution in [0.1, 0.15) is 38.9 Å². The Kier molecular flexibility index (Phi) is 5.88. The predicted molar refractivity (Wildman–Crippen MR) is 86.8 cm³/mol. The van der Waals surface area contributed by atoms with Gasteiger partial charge >= 0.3 is 0 Å². The Bertz CT molecular complexity index is 532. The van der Waals surface area contributed by atoms with E-state index in [1.807, 2.05) is 4.90 Å². The molecule has 0 bridgehead atoms. The maximum absolute atomic E-state index is 12.2. The minimum absolute atomic E-state index is 0.120. The fraction of sp³-hybridized carbons (Fsp3) is 0.667. The van der Waals surface area contributed by atoms with E-state index in [0.717, 1.165) is 19.4 Å². The van der Waals surface area contributed by atoms with Crippen molar-refractivity contribution in [2.45, 2.75) is 51.3 Å². The fourth-order valence-corrected chi connectivity index (χ4v) is 3.25. The molecule has 0 radical (unpaired) electrons. The molecule has 2 atom stereocenters. The van der Waals surface area contributed by atoms with Gasteiger partial charge in [0.1, 0.15) is 5.76 Å². The van der Waals surface area contributed by atoms with Crippen molar-refractivity contribution >= 4 is 29.4 Å². The van der Waals surface area contributed by atoms with Crippen molar-refractivity contribution in [3.63, 3.8) is 0 Å². The van der Waals surface area contributed by atoms with Crippen LogP contribution >= 0.6 is 11.8 Å². The molecule has 1 aliphatic rings. The molecule has 0 aliphatic carbocycles. The van der Waals surface area contributed by atoms with Crippen LogP contribution in [0.25, 0.3) is 0 Å². The van der Waals surface area contributed by atoms with Gasteiger partial charge in [0.05, 0.1) is 11.0 Å². The van der Waals surface area contributed by atoms with Gasteiger partial charge in [0.2, 0.25) is 11.8 Å². The van der Waals surface area contributed by atoms with Crippen molar-refractivity contribution in [3.05, 3.63) is 11.8 Å². The van der Waals surface area contributed by atoms with Gasteiger partial charge < -0.3 is 14.7 Å². The number of anilines is 1. The van der Waals surface area contributed by atoms with Crippen LogP contribution in [0.5, 0.6) is 0 Å². The third kappa shape index (κ3) is 4.50. The predicted octanol–water partition coefficient (Wildman–Crippen LogP) is 2.44. The third-order valence-corrected chi connectivity index (χ3v) is 4.96. The summed E-state index contributed by atoms with van der Waals surface area (Å²) < 4.78 is 4.90. The summed E-state index contributed by atoms with van der Waals surface area (Å²) in [6.45, 7) is 6.48. The number of nitrogens with one attached hydrogen (secondary N) is 1. The second kappa shape index (κ2) is 7.67. The van der Waals surface area contributed by atoms with Crippen LogP contribution in [-0.2, 0) is 9.59 Å². The van der Waals surface area contributed by atoms with E-state index in [9.17, 15) is 9.59 Å². The molecule has 1 N–H and O–H groups in total. The summed E-state index contributed by atoms with van der Waals surface area (Å²) in [6, 6.07) is 1.97. The number of hydrogen-bond donors (Lipinski definition) is 1. The molecule has 0 spiro atoms. The quantitative estimate of drug-likeness (QED) is 0.900. The van der Waals surface area contributed by atoms with Crippen LogP contribution in [0.15, 0.2) is 10.6 Å². The Morgan fingerprint density at radius 2 is 2.32 bits per heavy atom. The zero-order valence-corrected chi connectivity index (χ0v) is 14.1. The molecule has 122 valence electrons. The van der Waals surface area contributed by atoms with Gasteiger partial charge in [0.15, 0.2) is 5.82 Å². The Morgan fingerprint density at radius 1 is 1.55 bits per heavy atom. The number of carbonyl (C=O) groups excluding carboxylic acids is 2. The van der Waals surface area contributed by atoms with E-state index >= 15 is 0 Å². The van der Waals surface area contributed by atoms with Crippen molar-refractivity contribution in [1.29, 1.82) is 0 Å². The first-order valence-corrected chi connectivity index (χ1v) is 8.67. The molecule has 1 aromatic heterocycles. The molecule has 0 unspecified atom stereocenters. The molecule has 2 amide bonds. The van der Waals surface area contributed by atoms with Crippen LogP contribution in [0.3, 0.4) is 0 Å². The zero-order valence-electron chi connectivity index (χ0n) is 13.3. The summed E-state index contributed by atoms with van der Waals surface area (Å²) in [4.78, 5) is 26.2. The minimum Gasteiger partial charge on any atom is -0.360 e. The molecule has 1 fully saturated rings. The monoisotopic (exact) mass is 325 g/mol. The number of nitrogens with zero attached hydrogens (tertiary/aromatic N) is 2. The highest BCUT2D eigenvalue weighted by Crippen LogP contribution is 2.20. The molecule has 2 heterocycles. The number of piperidine rings is 1. The number of hydrogen-bond acceptors (Lipinski definition) is 5. The fourth-order valence-electron chi connectivity index (χ4n) is 2.48. The average molecular weight is 325 g/mol. The van der Waals surface area contributed by atoms with Crippen LogP contribution in [0.4, 0.5) is 5.82 Å². The van der Waals surface area contributed by atoms with E-state index in [2.05, 4.69) is 17.4 Å².